The van der Waals surface area contributed by atoms with Crippen LogP contribution in [0.25, 0.3) is 28.1 Å². The van der Waals surface area contributed by atoms with E-state index >= 15 is 4.57 Å². The van der Waals surface area contributed by atoms with Crippen LogP contribution in [0.1, 0.15) is 0 Å². The molecule has 5 heteroatoms. The van der Waals surface area contributed by atoms with Crippen molar-refractivity contribution < 1.29 is 4.57 Å². The number of nitrogens with zero attached hydrogens (tertiary/aromatic N) is 3. The van der Waals surface area contributed by atoms with Crippen LogP contribution < -0.4 is 20.8 Å². The summed E-state index contributed by atoms with van der Waals surface area (Å²) in [6.45, 7) is 0. The molecule has 0 N–H and O–H groups in total. The summed E-state index contributed by atoms with van der Waals surface area (Å²) < 4.78 is 17.4. The second-order valence-electron chi connectivity index (χ2n) is 9.51. The number of imidazole rings is 1. The fourth-order valence-corrected chi connectivity index (χ4v) is 7.66. The smallest absolute Gasteiger partial charge is 0.171 e. The fourth-order valence-electron chi connectivity index (χ4n) is 4.95. The lowest BCUT2D eigenvalue weighted by atomic mass is 10.1. The second kappa shape index (κ2) is 9.81. The average molecular weight is 514 g/mol. The zero-order chi connectivity index (χ0) is 26.1. The van der Waals surface area contributed by atoms with Crippen LogP contribution in [-0.4, -0.2) is 23.6 Å². The lowest BCUT2D eigenvalue weighted by Gasteiger charge is -2.23. The number of aromatic nitrogens is 2. The Hall–Kier alpha value is -4.40. The van der Waals surface area contributed by atoms with Gasteiger partial charge in [-0.25, -0.2) is 4.98 Å². The van der Waals surface area contributed by atoms with Gasteiger partial charge in [-0.05, 0) is 42.5 Å². The third-order valence-corrected chi connectivity index (χ3v) is 9.89. The van der Waals surface area contributed by atoms with Crippen molar-refractivity contribution in [1.82, 2.24) is 9.55 Å². The lowest BCUT2D eigenvalue weighted by Crippen LogP contribution is -2.26. The predicted octanol–water partition coefficient (Wildman–Crippen LogP) is 6.40. The Morgan fingerprint density at radius 3 is 1.79 bits per heavy atom. The second-order valence-corrected chi connectivity index (χ2v) is 12.3. The van der Waals surface area contributed by atoms with Crippen LogP contribution in [0.3, 0.4) is 0 Å². The van der Waals surface area contributed by atoms with E-state index in [9.17, 15) is 0 Å². The summed E-state index contributed by atoms with van der Waals surface area (Å²) in [6, 6.07) is 44.3. The van der Waals surface area contributed by atoms with Crippen LogP contribution in [0, 0.1) is 0 Å². The van der Waals surface area contributed by atoms with E-state index in [0.717, 1.165) is 49.7 Å². The van der Waals surface area contributed by atoms with Crippen molar-refractivity contribution in [2.45, 2.75) is 0 Å². The molecule has 0 bridgehead atoms. The first-order valence-electron chi connectivity index (χ1n) is 12.6. The standard InChI is InChI=1S/C33H28N3OP/c1-35(2)27-22-25(33-34-31-20-12-13-21-32(31)36(33)26-14-6-3-7-15-26)23-30(24-27)38(37,28-16-8-4-9-17-28)29-18-10-5-11-19-29/h3-24H,1-2H3. The molecular weight excluding hydrogens is 485 g/mol. The number of hydrogen-bond donors (Lipinski definition) is 0. The molecule has 5 aromatic carbocycles. The van der Waals surface area contributed by atoms with Crippen molar-refractivity contribution >= 4 is 39.8 Å². The molecule has 0 aliphatic carbocycles. The number of anilines is 1. The van der Waals surface area contributed by atoms with Crippen LogP contribution in [0.5, 0.6) is 0 Å². The van der Waals surface area contributed by atoms with Crippen molar-refractivity contribution in [2.24, 2.45) is 0 Å². The molecule has 0 radical (unpaired) electrons. The highest BCUT2D eigenvalue weighted by Gasteiger charge is 2.31. The molecule has 0 aliphatic rings. The maximum atomic E-state index is 15.3. The highest BCUT2D eigenvalue weighted by Crippen LogP contribution is 2.44. The summed E-state index contributed by atoms with van der Waals surface area (Å²) in [5, 5.41) is 2.40. The number of para-hydroxylation sites is 3. The Morgan fingerprint density at radius 1 is 0.632 bits per heavy atom. The lowest BCUT2D eigenvalue weighted by molar-refractivity contribution is 0.592. The summed E-state index contributed by atoms with van der Waals surface area (Å²) in [7, 11) is 0.850. The summed E-state index contributed by atoms with van der Waals surface area (Å²) in [4.78, 5) is 7.14. The van der Waals surface area contributed by atoms with Crippen LogP contribution in [0.2, 0.25) is 0 Å². The van der Waals surface area contributed by atoms with Gasteiger partial charge in [0, 0.05) is 46.9 Å². The van der Waals surface area contributed by atoms with E-state index in [1.165, 1.54) is 0 Å². The summed E-state index contributed by atoms with van der Waals surface area (Å²) >= 11 is 0. The fraction of sp³-hybridized carbons (Fsp3) is 0.0606. The molecule has 4 nitrogen and oxygen atoms in total. The van der Waals surface area contributed by atoms with Crippen LogP contribution in [-0.2, 0) is 4.57 Å². The molecule has 6 rings (SSSR count). The quantitative estimate of drug-likeness (QED) is 0.242. The van der Waals surface area contributed by atoms with E-state index in [-0.39, 0.29) is 0 Å². The Morgan fingerprint density at radius 2 is 1.18 bits per heavy atom. The van der Waals surface area contributed by atoms with Crippen LogP contribution in [0.4, 0.5) is 5.69 Å². The maximum absolute atomic E-state index is 15.3. The van der Waals surface area contributed by atoms with Crippen molar-refractivity contribution in [3.63, 3.8) is 0 Å². The van der Waals surface area contributed by atoms with Gasteiger partial charge in [0.25, 0.3) is 0 Å². The van der Waals surface area contributed by atoms with Gasteiger partial charge in [-0.2, -0.15) is 0 Å². The minimum absolute atomic E-state index is 0.780. The Kier molecular flexibility index (Phi) is 6.19. The molecule has 0 amide bonds. The van der Waals surface area contributed by atoms with E-state index in [0.29, 0.717) is 0 Å². The Balaban J connectivity index is 1.66. The van der Waals surface area contributed by atoms with Gasteiger partial charge >= 0.3 is 0 Å². The average Bonchev–Trinajstić information content (AvgIpc) is 3.37. The molecule has 0 saturated carbocycles. The van der Waals surface area contributed by atoms with E-state index in [1.54, 1.807) is 0 Å². The van der Waals surface area contributed by atoms with Crippen molar-refractivity contribution in [3.8, 4) is 17.1 Å². The molecule has 0 unspecified atom stereocenters. The van der Waals surface area contributed by atoms with Gasteiger partial charge in [-0.15, -0.1) is 0 Å². The molecule has 186 valence electrons. The molecule has 0 spiro atoms. The van der Waals surface area contributed by atoms with Crippen molar-refractivity contribution in [3.05, 3.63) is 133 Å². The maximum Gasteiger partial charge on any atom is 0.171 e. The monoisotopic (exact) mass is 513 g/mol. The van der Waals surface area contributed by atoms with Gasteiger partial charge in [0.1, 0.15) is 5.82 Å². The first-order chi connectivity index (χ1) is 18.6. The van der Waals surface area contributed by atoms with Crippen molar-refractivity contribution in [2.75, 3.05) is 19.0 Å². The molecule has 1 heterocycles. The van der Waals surface area contributed by atoms with Gasteiger partial charge in [0.15, 0.2) is 7.14 Å². The highest BCUT2D eigenvalue weighted by atomic mass is 31.2. The zero-order valence-corrected chi connectivity index (χ0v) is 22.3. The van der Waals surface area contributed by atoms with Gasteiger partial charge in [-0.1, -0.05) is 91.0 Å². The van der Waals surface area contributed by atoms with E-state index in [1.807, 2.05) is 111 Å². The molecule has 0 atom stereocenters. The summed E-state index contributed by atoms with van der Waals surface area (Å²) in [5.41, 5.74) is 4.86. The molecular formula is C33H28N3OP. The van der Waals surface area contributed by atoms with E-state index in [2.05, 4.69) is 45.9 Å². The van der Waals surface area contributed by atoms with Gasteiger partial charge < -0.3 is 9.46 Å². The molecule has 0 aliphatic heterocycles. The van der Waals surface area contributed by atoms with Gasteiger partial charge in [0.2, 0.25) is 0 Å². The summed E-state index contributed by atoms with van der Waals surface area (Å²) in [5.74, 6) is 0.815. The minimum atomic E-state index is -3.18. The molecule has 0 fully saturated rings. The number of fused-ring (bicyclic) bond motifs is 1. The predicted molar refractivity (Wildman–Crippen MR) is 160 cm³/mol. The largest absolute Gasteiger partial charge is 0.378 e. The SMILES string of the molecule is CN(C)c1cc(-c2nc3ccccc3n2-c2ccccc2)cc(P(=O)(c2ccccc2)c2ccccc2)c1. The minimum Gasteiger partial charge on any atom is -0.378 e. The molecule has 0 saturated heterocycles. The number of benzene rings is 5. The molecule has 1 aromatic heterocycles. The topological polar surface area (TPSA) is 38.1 Å². The highest BCUT2D eigenvalue weighted by molar-refractivity contribution is 7.85. The van der Waals surface area contributed by atoms with Crippen LogP contribution in [0.15, 0.2) is 133 Å². The normalized spacial score (nSPS) is 11.5. The van der Waals surface area contributed by atoms with E-state index in [4.69, 9.17) is 4.98 Å². The van der Waals surface area contributed by atoms with Gasteiger partial charge in [-0.3, -0.25) is 4.57 Å². The van der Waals surface area contributed by atoms with Crippen LogP contribution >= 0.6 is 7.14 Å². The Labute approximate surface area is 223 Å². The third-order valence-electron chi connectivity index (χ3n) is 6.86. The number of rotatable bonds is 6. The third kappa shape index (κ3) is 4.13. The first kappa shape index (κ1) is 24.0. The van der Waals surface area contributed by atoms with Crippen molar-refractivity contribution in [1.29, 1.82) is 0 Å². The molecule has 38 heavy (non-hydrogen) atoms. The Bertz CT molecular complexity index is 1720. The number of hydrogen-bond acceptors (Lipinski definition) is 3. The first-order valence-corrected chi connectivity index (χ1v) is 14.3. The molecule has 6 aromatic rings. The zero-order valence-electron chi connectivity index (χ0n) is 21.4. The van der Waals surface area contributed by atoms with Gasteiger partial charge in [0.05, 0.1) is 11.0 Å². The summed E-state index contributed by atoms with van der Waals surface area (Å²) in [6.07, 6.45) is 0. The van der Waals surface area contributed by atoms with E-state index < -0.39 is 7.14 Å².